The minimum absolute atomic E-state index is 0. The molecule has 1 atom stereocenters. The van der Waals surface area contributed by atoms with Crippen LogP contribution in [-0.2, 0) is 4.79 Å². The Hall–Kier alpha value is -1.46. The summed E-state index contributed by atoms with van der Waals surface area (Å²) in [5, 5.41) is 0. The molecule has 22 heavy (non-hydrogen) atoms. The van der Waals surface area contributed by atoms with Gasteiger partial charge in [-0.1, -0.05) is 32.9 Å². The summed E-state index contributed by atoms with van der Waals surface area (Å²) in [5.74, 6) is 1.27. The van der Waals surface area contributed by atoms with E-state index in [0.717, 1.165) is 0 Å². The highest BCUT2D eigenvalue weighted by Crippen LogP contribution is 2.25. The normalized spacial score (nSPS) is 12.1. The molecule has 0 aliphatic carbocycles. The number of methoxy groups -OCH3 is 1. The van der Waals surface area contributed by atoms with Crippen LogP contribution in [0, 0.1) is 5.41 Å². The largest absolute Gasteiger partial charge is 0.493 e. The average Bonchev–Trinajstić information content (AvgIpc) is 2.45. The number of hydrogen-bond acceptors (Lipinski definition) is 4. The molecule has 0 bridgehead atoms. The zero-order valence-electron chi connectivity index (χ0n) is 14.0. The van der Waals surface area contributed by atoms with Gasteiger partial charge in [-0.25, -0.2) is 0 Å². The number of rotatable bonds is 6. The molecule has 1 amide bonds. The summed E-state index contributed by atoms with van der Waals surface area (Å²) in [6.07, 6.45) is 0. The summed E-state index contributed by atoms with van der Waals surface area (Å²) in [5.41, 5.74) is 5.72. The van der Waals surface area contributed by atoms with Crippen molar-refractivity contribution in [1.82, 2.24) is 4.90 Å². The number of para-hydroxylation sites is 2. The lowest BCUT2D eigenvalue weighted by molar-refractivity contribution is -0.133. The minimum atomic E-state index is -0.520. The lowest BCUT2D eigenvalue weighted by Gasteiger charge is -2.30. The fourth-order valence-electron chi connectivity index (χ4n) is 1.75. The predicted octanol–water partition coefficient (Wildman–Crippen LogP) is 2.33. The van der Waals surface area contributed by atoms with Crippen LogP contribution in [0.3, 0.4) is 0 Å². The van der Waals surface area contributed by atoms with Crippen molar-refractivity contribution in [3.05, 3.63) is 24.3 Å². The smallest absolute Gasteiger partial charge is 0.239 e. The zero-order valence-corrected chi connectivity index (χ0v) is 14.8. The summed E-state index contributed by atoms with van der Waals surface area (Å²) >= 11 is 0. The number of carbonyl (C=O) groups excluding carboxylic acids is 1. The van der Waals surface area contributed by atoms with Crippen LogP contribution in [0.4, 0.5) is 0 Å². The molecule has 0 heterocycles. The summed E-state index contributed by atoms with van der Waals surface area (Å²) in [6.45, 7) is 6.72. The van der Waals surface area contributed by atoms with Crippen molar-refractivity contribution in [3.63, 3.8) is 0 Å². The monoisotopic (exact) mass is 330 g/mol. The van der Waals surface area contributed by atoms with Gasteiger partial charge in [0.2, 0.25) is 5.91 Å². The lowest BCUT2D eigenvalue weighted by atomic mass is 9.86. The highest BCUT2D eigenvalue weighted by Gasteiger charge is 2.29. The van der Waals surface area contributed by atoms with E-state index < -0.39 is 6.04 Å². The highest BCUT2D eigenvalue weighted by molar-refractivity contribution is 5.85. The van der Waals surface area contributed by atoms with Gasteiger partial charge in [0.15, 0.2) is 11.5 Å². The first-order valence-corrected chi connectivity index (χ1v) is 7.03. The van der Waals surface area contributed by atoms with Crippen LogP contribution < -0.4 is 15.2 Å². The quantitative estimate of drug-likeness (QED) is 0.869. The number of ether oxygens (including phenoxy) is 2. The zero-order chi connectivity index (χ0) is 16.0. The molecule has 126 valence electrons. The molecule has 0 saturated heterocycles. The lowest BCUT2D eigenvalue weighted by Crippen LogP contribution is -2.49. The van der Waals surface area contributed by atoms with Gasteiger partial charge in [-0.05, 0) is 17.5 Å². The molecule has 0 unspecified atom stereocenters. The molecule has 5 nitrogen and oxygen atoms in total. The molecule has 0 spiro atoms. The molecular formula is C16H27ClN2O3. The van der Waals surface area contributed by atoms with E-state index in [4.69, 9.17) is 15.2 Å². The van der Waals surface area contributed by atoms with Crippen molar-refractivity contribution in [1.29, 1.82) is 0 Å². The van der Waals surface area contributed by atoms with Crippen molar-refractivity contribution < 1.29 is 14.3 Å². The molecule has 0 saturated carbocycles. The number of halogens is 1. The fourth-order valence-corrected chi connectivity index (χ4v) is 1.75. The van der Waals surface area contributed by atoms with E-state index in [-0.39, 0.29) is 23.7 Å². The SMILES string of the molecule is COc1ccccc1OCCN(C)C(=O)[C@@H](N)C(C)(C)C.Cl. The molecule has 0 fully saturated rings. The third-order valence-corrected chi connectivity index (χ3v) is 3.33. The van der Waals surface area contributed by atoms with Crippen molar-refractivity contribution in [2.45, 2.75) is 26.8 Å². The molecule has 1 rings (SSSR count). The number of nitrogens with two attached hydrogens (primary N) is 1. The molecule has 2 N–H and O–H groups in total. The van der Waals surface area contributed by atoms with Gasteiger partial charge in [0.25, 0.3) is 0 Å². The van der Waals surface area contributed by atoms with E-state index in [0.29, 0.717) is 24.7 Å². The molecule has 1 aromatic carbocycles. The van der Waals surface area contributed by atoms with Gasteiger partial charge >= 0.3 is 0 Å². The van der Waals surface area contributed by atoms with Crippen LogP contribution in [0.2, 0.25) is 0 Å². The van der Waals surface area contributed by atoms with Gasteiger partial charge in [0.05, 0.1) is 19.7 Å². The van der Waals surface area contributed by atoms with E-state index in [2.05, 4.69) is 0 Å². The number of likely N-dealkylation sites (N-methyl/N-ethyl adjacent to an activating group) is 1. The van der Waals surface area contributed by atoms with Crippen molar-refractivity contribution in [2.24, 2.45) is 11.1 Å². The van der Waals surface area contributed by atoms with Gasteiger partial charge in [0, 0.05) is 7.05 Å². The predicted molar refractivity (Wildman–Crippen MR) is 90.8 cm³/mol. The Morgan fingerprint density at radius 3 is 2.32 bits per heavy atom. The topological polar surface area (TPSA) is 64.8 Å². The summed E-state index contributed by atoms with van der Waals surface area (Å²) in [6, 6.07) is 6.90. The second kappa shape index (κ2) is 8.86. The van der Waals surface area contributed by atoms with Gasteiger partial charge in [0.1, 0.15) is 6.61 Å². The Morgan fingerprint density at radius 2 is 1.82 bits per heavy atom. The highest BCUT2D eigenvalue weighted by atomic mass is 35.5. The van der Waals surface area contributed by atoms with Gasteiger partial charge < -0.3 is 20.1 Å². The number of carbonyl (C=O) groups is 1. The molecular weight excluding hydrogens is 304 g/mol. The van der Waals surface area contributed by atoms with Crippen LogP contribution in [0.25, 0.3) is 0 Å². The second-order valence-electron chi connectivity index (χ2n) is 6.10. The summed E-state index contributed by atoms with van der Waals surface area (Å²) < 4.78 is 10.9. The maximum absolute atomic E-state index is 12.2. The number of hydrogen-bond donors (Lipinski definition) is 1. The van der Waals surface area contributed by atoms with E-state index in [1.54, 1.807) is 19.1 Å². The van der Waals surface area contributed by atoms with E-state index >= 15 is 0 Å². The van der Waals surface area contributed by atoms with Crippen LogP contribution in [0.1, 0.15) is 20.8 Å². The van der Waals surface area contributed by atoms with Gasteiger partial charge in [-0.15, -0.1) is 12.4 Å². The first-order valence-electron chi connectivity index (χ1n) is 7.03. The number of amides is 1. The van der Waals surface area contributed by atoms with Gasteiger partial charge in [-0.2, -0.15) is 0 Å². The minimum Gasteiger partial charge on any atom is -0.493 e. The average molecular weight is 331 g/mol. The van der Waals surface area contributed by atoms with Crippen molar-refractivity contribution in [2.75, 3.05) is 27.3 Å². The van der Waals surface area contributed by atoms with E-state index in [9.17, 15) is 4.79 Å². The van der Waals surface area contributed by atoms with Crippen molar-refractivity contribution in [3.8, 4) is 11.5 Å². The van der Waals surface area contributed by atoms with Crippen LogP contribution in [0.5, 0.6) is 11.5 Å². The molecule has 0 aliphatic heterocycles. The third-order valence-electron chi connectivity index (χ3n) is 3.33. The van der Waals surface area contributed by atoms with E-state index in [1.165, 1.54) is 0 Å². The third kappa shape index (κ3) is 5.73. The Balaban J connectivity index is 0.00000441. The fraction of sp³-hybridized carbons (Fsp3) is 0.562. The summed E-state index contributed by atoms with van der Waals surface area (Å²) in [7, 11) is 3.33. The first kappa shape index (κ1) is 20.5. The molecule has 0 radical (unpaired) electrons. The van der Waals surface area contributed by atoms with Crippen LogP contribution >= 0.6 is 12.4 Å². The van der Waals surface area contributed by atoms with Crippen LogP contribution in [0.15, 0.2) is 24.3 Å². The second-order valence-corrected chi connectivity index (χ2v) is 6.10. The summed E-state index contributed by atoms with van der Waals surface area (Å²) in [4.78, 5) is 13.8. The van der Waals surface area contributed by atoms with Crippen LogP contribution in [-0.4, -0.2) is 44.2 Å². The number of nitrogens with zero attached hydrogens (tertiary/aromatic N) is 1. The number of benzene rings is 1. The molecule has 1 aromatic rings. The maximum atomic E-state index is 12.2. The van der Waals surface area contributed by atoms with Gasteiger partial charge in [-0.3, -0.25) is 4.79 Å². The standard InChI is InChI=1S/C16H26N2O3.ClH/c1-16(2,3)14(17)15(19)18(4)10-11-21-13-9-7-6-8-12(13)20-5;/h6-9,14H,10-11,17H2,1-5H3;1H/t14-;/m1./s1. The first-order chi connectivity index (χ1) is 9.77. The molecule has 0 aliphatic rings. The molecule has 6 heteroatoms. The maximum Gasteiger partial charge on any atom is 0.239 e. The Labute approximate surface area is 139 Å². The van der Waals surface area contributed by atoms with Crippen molar-refractivity contribution >= 4 is 18.3 Å². The Kier molecular flexibility index (Phi) is 8.27. The van der Waals surface area contributed by atoms with E-state index in [1.807, 2.05) is 45.0 Å². The molecule has 0 aromatic heterocycles. The Bertz CT molecular complexity index is 475. The Morgan fingerprint density at radius 1 is 1.27 bits per heavy atom.